The minimum Gasteiger partial charge on any atom is -0.443 e. The fourth-order valence-electron chi connectivity index (χ4n) is 1.81. The zero-order valence-electron chi connectivity index (χ0n) is 14.1. The molecule has 7 heteroatoms. The molecule has 0 spiro atoms. The monoisotopic (exact) mass is 388 g/mol. The van der Waals surface area contributed by atoms with Crippen LogP contribution in [0.4, 0.5) is 4.79 Å². The van der Waals surface area contributed by atoms with E-state index in [1.54, 1.807) is 12.3 Å². The molecule has 1 aromatic heterocycles. The summed E-state index contributed by atoms with van der Waals surface area (Å²) in [6.45, 7) is 7.77. The molecule has 1 N–H and O–H groups in total. The number of rotatable bonds is 7. The van der Waals surface area contributed by atoms with Crippen LogP contribution < -0.4 is 5.48 Å². The Morgan fingerprint density at radius 2 is 2.09 bits per heavy atom. The van der Waals surface area contributed by atoms with Crippen LogP contribution in [0.15, 0.2) is 18.3 Å². The van der Waals surface area contributed by atoms with Crippen LogP contribution in [0, 0.1) is 0 Å². The van der Waals surface area contributed by atoms with Gasteiger partial charge in [0.05, 0.1) is 11.4 Å². The second-order valence-electron chi connectivity index (χ2n) is 6.14. The fraction of sp³-hybridized carbons (Fsp3) is 0.625. The van der Waals surface area contributed by atoms with Crippen molar-refractivity contribution in [3.8, 4) is 0 Å². The molecule has 1 amide bonds. The Hall–Kier alpha value is -1.34. The van der Waals surface area contributed by atoms with Gasteiger partial charge in [-0.05, 0) is 52.2 Å². The van der Waals surface area contributed by atoms with E-state index < -0.39 is 11.7 Å². The van der Waals surface area contributed by atoms with Gasteiger partial charge in [-0.1, -0.05) is 22.9 Å². The predicted octanol–water partition coefficient (Wildman–Crippen LogP) is 3.43. The molecule has 0 saturated carbocycles. The predicted molar refractivity (Wildman–Crippen MR) is 91.5 cm³/mol. The zero-order chi connectivity index (χ0) is 17.5. The third kappa shape index (κ3) is 7.18. The molecular weight excluding hydrogens is 364 g/mol. The van der Waals surface area contributed by atoms with Crippen LogP contribution in [0.5, 0.6) is 0 Å². The molecule has 0 saturated heterocycles. The van der Waals surface area contributed by atoms with Crippen LogP contribution in [-0.2, 0) is 20.8 Å². The molecule has 1 unspecified atom stereocenters. The molecule has 0 aliphatic carbocycles. The SMILES string of the molecule is CCC(Br)C(=O)NOCCCc1cccn1C(=O)OC(C)(C)C. The van der Waals surface area contributed by atoms with E-state index in [0.717, 1.165) is 5.69 Å². The highest BCUT2D eigenvalue weighted by Crippen LogP contribution is 2.12. The van der Waals surface area contributed by atoms with Crippen molar-refractivity contribution in [1.29, 1.82) is 0 Å². The van der Waals surface area contributed by atoms with Crippen LogP contribution in [0.25, 0.3) is 0 Å². The van der Waals surface area contributed by atoms with Crippen molar-refractivity contribution in [2.24, 2.45) is 0 Å². The number of ether oxygens (including phenoxy) is 1. The van der Waals surface area contributed by atoms with Crippen molar-refractivity contribution in [2.45, 2.75) is 57.4 Å². The van der Waals surface area contributed by atoms with E-state index in [4.69, 9.17) is 9.57 Å². The smallest absolute Gasteiger partial charge is 0.418 e. The number of aromatic nitrogens is 1. The van der Waals surface area contributed by atoms with Crippen LogP contribution in [0.2, 0.25) is 0 Å². The topological polar surface area (TPSA) is 69.6 Å². The average molecular weight is 389 g/mol. The molecule has 0 bridgehead atoms. The second-order valence-corrected chi connectivity index (χ2v) is 7.25. The summed E-state index contributed by atoms with van der Waals surface area (Å²) in [4.78, 5) is 28.5. The number of aryl methyl sites for hydroxylation is 1. The fourth-order valence-corrected chi connectivity index (χ4v) is 1.90. The summed E-state index contributed by atoms with van der Waals surface area (Å²) < 4.78 is 6.85. The number of carbonyl (C=O) groups is 2. The molecule has 0 radical (unpaired) electrons. The summed E-state index contributed by atoms with van der Waals surface area (Å²) in [7, 11) is 0. The summed E-state index contributed by atoms with van der Waals surface area (Å²) >= 11 is 3.25. The minimum atomic E-state index is -0.530. The first-order valence-electron chi connectivity index (χ1n) is 7.70. The maximum Gasteiger partial charge on any atom is 0.418 e. The van der Waals surface area contributed by atoms with Crippen LogP contribution >= 0.6 is 15.9 Å². The van der Waals surface area contributed by atoms with Gasteiger partial charge < -0.3 is 4.74 Å². The molecule has 6 nitrogen and oxygen atoms in total. The largest absolute Gasteiger partial charge is 0.443 e. The zero-order valence-corrected chi connectivity index (χ0v) is 15.7. The summed E-state index contributed by atoms with van der Waals surface area (Å²) in [5.41, 5.74) is 2.72. The van der Waals surface area contributed by atoms with Crippen molar-refractivity contribution in [2.75, 3.05) is 6.61 Å². The Morgan fingerprint density at radius 1 is 1.39 bits per heavy atom. The molecule has 0 aliphatic heterocycles. The van der Waals surface area contributed by atoms with Crippen molar-refractivity contribution in [3.63, 3.8) is 0 Å². The molecule has 0 fully saturated rings. The molecular formula is C16H25BrN2O4. The van der Waals surface area contributed by atoms with Crippen molar-refractivity contribution >= 4 is 27.9 Å². The highest BCUT2D eigenvalue weighted by atomic mass is 79.9. The number of nitrogens with zero attached hydrogens (tertiary/aromatic N) is 1. The first-order valence-corrected chi connectivity index (χ1v) is 8.61. The molecule has 23 heavy (non-hydrogen) atoms. The molecule has 0 aromatic carbocycles. The van der Waals surface area contributed by atoms with Gasteiger partial charge in [0.25, 0.3) is 5.91 Å². The molecule has 0 aliphatic rings. The Balaban J connectivity index is 2.38. The number of nitrogens with one attached hydrogen (secondary N) is 1. The Kier molecular flexibility index (Phi) is 7.78. The number of hydroxylamine groups is 1. The summed E-state index contributed by atoms with van der Waals surface area (Å²) in [6.07, 6.45) is 3.30. The summed E-state index contributed by atoms with van der Waals surface area (Å²) in [5, 5.41) is 0. The highest BCUT2D eigenvalue weighted by Gasteiger charge is 2.19. The lowest BCUT2D eigenvalue weighted by Gasteiger charge is -2.20. The Bertz CT molecular complexity index is 522. The summed E-state index contributed by atoms with van der Waals surface area (Å²) in [6, 6.07) is 3.67. The summed E-state index contributed by atoms with van der Waals surface area (Å²) in [5.74, 6) is -0.190. The number of halogens is 1. The molecule has 1 atom stereocenters. The van der Waals surface area contributed by atoms with Gasteiger partial charge in [-0.15, -0.1) is 0 Å². The number of alkyl halides is 1. The van der Waals surface area contributed by atoms with Gasteiger partial charge in [0, 0.05) is 11.9 Å². The van der Waals surface area contributed by atoms with Crippen molar-refractivity contribution < 1.29 is 19.2 Å². The van der Waals surface area contributed by atoms with Gasteiger partial charge in [0.1, 0.15) is 5.60 Å². The van der Waals surface area contributed by atoms with Gasteiger partial charge in [-0.25, -0.2) is 10.3 Å². The first-order chi connectivity index (χ1) is 10.7. The molecule has 1 aromatic rings. The third-order valence-corrected chi connectivity index (χ3v) is 3.98. The van der Waals surface area contributed by atoms with E-state index >= 15 is 0 Å². The highest BCUT2D eigenvalue weighted by molar-refractivity contribution is 9.10. The molecule has 1 rings (SSSR count). The van der Waals surface area contributed by atoms with E-state index in [1.807, 2.05) is 33.8 Å². The lowest BCUT2D eigenvalue weighted by Crippen LogP contribution is -2.31. The van der Waals surface area contributed by atoms with E-state index in [9.17, 15) is 9.59 Å². The van der Waals surface area contributed by atoms with Crippen molar-refractivity contribution in [1.82, 2.24) is 10.0 Å². The number of hydrogen-bond acceptors (Lipinski definition) is 4. The maximum atomic E-state index is 12.1. The Morgan fingerprint density at radius 3 is 2.70 bits per heavy atom. The van der Waals surface area contributed by atoms with Crippen LogP contribution in [-0.4, -0.2) is 33.6 Å². The minimum absolute atomic E-state index is 0.190. The van der Waals surface area contributed by atoms with Gasteiger partial charge in [-0.3, -0.25) is 14.2 Å². The Labute approximate surface area is 145 Å². The standard InChI is InChI=1S/C16H25BrN2O4/c1-5-13(17)14(20)18-22-11-7-9-12-8-6-10-19(12)15(21)23-16(2,3)4/h6,8,10,13H,5,7,9,11H2,1-4H3,(H,18,20). The van der Waals surface area contributed by atoms with Gasteiger partial charge >= 0.3 is 6.09 Å². The maximum absolute atomic E-state index is 12.1. The third-order valence-electron chi connectivity index (χ3n) is 2.92. The number of hydrogen-bond donors (Lipinski definition) is 1. The normalized spacial score (nSPS) is 12.7. The van der Waals surface area contributed by atoms with Crippen LogP contribution in [0.3, 0.4) is 0 Å². The lowest BCUT2D eigenvalue weighted by atomic mass is 10.2. The number of carbonyl (C=O) groups excluding carboxylic acids is 2. The van der Waals surface area contributed by atoms with E-state index in [2.05, 4.69) is 21.4 Å². The molecule has 130 valence electrons. The second kappa shape index (κ2) is 9.08. The quantitative estimate of drug-likeness (QED) is 0.441. The van der Waals surface area contributed by atoms with E-state index in [1.165, 1.54) is 4.57 Å². The van der Waals surface area contributed by atoms with Crippen LogP contribution in [0.1, 0.15) is 46.2 Å². The first kappa shape index (κ1) is 19.7. The van der Waals surface area contributed by atoms with Gasteiger partial charge in [-0.2, -0.15) is 0 Å². The van der Waals surface area contributed by atoms with Crippen molar-refractivity contribution in [3.05, 3.63) is 24.0 Å². The van der Waals surface area contributed by atoms with Gasteiger partial charge in [0.15, 0.2) is 0 Å². The average Bonchev–Trinajstić information content (AvgIpc) is 2.92. The molecule has 1 heterocycles. The van der Waals surface area contributed by atoms with E-state index in [0.29, 0.717) is 25.9 Å². The van der Waals surface area contributed by atoms with E-state index in [-0.39, 0.29) is 10.7 Å². The van der Waals surface area contributed by atoms with Gasteiger partial charge in [0.2, 0.25) is 0 Å². The lowest BCUT2D eigenvalue weighted by molar-refractivity contribution is -0.132. The number of amides is 1.